The van der Waals surface area contributed by atoms with E-state index in [1.165, 1.54) is 23.3 Å². The molecule has 2 fully saturated rings. The number of hydrogen-bond donors (Lipinski definition) is 0. The minimum Gasteiger partial charge on any atom is -0.335 e. The Morgan fingerprint density at radius 2 is 2.00 bits per heavy atom. The number of piperazine rings is 1. The van der Waals surface area contributed by atoms with Gasteiger partial charge in [0.1, 0.15) is 0 Å². The molecule has 2 saturated heterocycles. The first kappa shape index (κ1) is 18.4. The van der Waals surface area contributed by atoms with Crippen molar-refractivity contribution in [2.75, 3.05) is 37.7 Å². The van der Waals surface area contributed by atoms with E-state index in [2.05, 4.69) is 17.9 Å². The standard InChI is InChI=1S/C19H28N2O3S2/c1-2-14-3-4-17-15(11-14)12-18(25-17)19(22)21-8-6-20(7-9-21)16-5-10-26(23,24)13-16/h12,14,16H,2-11,13H2,1H3/t14-,16-/m0/s1. The van der Waals surface area contributed by atoms with Gasteiger partial charge in [0.15, 0.2) is 9.84 Å². The number of aryl methyl sites for hydroxylation is 1. The Kier molecular flexibility index (Phi) is 5.14. The van der Waals surface area contributed by atoms with Crippen molar-refractivity contribution in [1.29, 1.82) is 0 Å². The smallest absolute Gasteiger partial charge is 0.264 e. The molecule has 3 aliphatic rings. The zero-order valence-electron chi connectivity index (χ0n) is 15.4. The largest absolute Gasteiger partial charge is 0.335 e. The summed E-state index contributed by atoms with van der Waals surface area (Å²) in [5, 5.41) is 0. The highest BCUT2D eigenvalue weighted by molar-refractivity contribution is 7.91. The number of nitrogens with zero attached hydrogens (tertiary/aromatic N) is 2. The van der Waals surface area contributed by atoms with Gasteiger partial charge < -0.3 is 4.90 Å². The number of fused-ring (bicyclic) bond motifs is 1. The summed E-state index contributed by atoms with van der Waals surface area (Å²) in [4.78, 5) is 19.4. The van der Waals surface area contributed by atoms with Crippen LogP contribution in [0.3, 0.4) is 0 Å². The number of carbonyl (C=O) groups excluding carboxylic acids is 1. The van der Waals surface area contributed by atoms with Crippen molar-refractivity contribution in [3.8, 4) is 0 Å². The van der Waals surface area contributed by atoms with E-state index in [9.17, 15) is 13.2 Å². The van der Waals surface area contributed by atoms with Gasteiger partial charge in [-0.2, -0.15) is 0 Å². The molecular weight excluding hydrogens is 368 g/mol. The third kappa shape index (κ3) is 3.71. The monoisotopic (exact) mass is 396 g/mol. The molecule has 0 bridgehead atoms. The van der Waals surface area contributed by atoms with Crippen LogP contribution in [0.4, 0.5) is 0 Å². The zero-order chi connectivity index (χ0) is 18.3. The Morgan fingerprint density at radius 3 is 2.65 bits per heavy atom. The van der Waals surface area contributed by atoms with Crippen molar-refractivity contribution >= 4 is 27.1 Å². The Labute approximate surface area is 160 Å². The van der Waals surface area contributed by atoms with Crippen LogP contribution in [0.25, 0.3) is 0 Å². The highest BCUT2D eigenvalue weighted by Gasteiger charge is 2.34. The van der Waals surface area contributed by atoms with Crippen LogP contribution >= 0.6 is 11.3 Å². The van der Waals surface area contributed by atoms with Gasteiger partial charge in [0.05, 0.1) is 16.4 Å². The molecule has 5 nitrogen and oxygen atoms in total. The van der Waals surface area contributed by atoms with Gasteiger partial charge in [0.2, 0.25) is 0 Å². The predicted molar refractivity (Wildman–Crippen MR) is 105 cm³/mol. The summed E-state index contributed by atoms with van der Waals surface area (Å²) in [5.41, 5.74) is 1.39. The molecule has 0 unspecified atom stereocenters. The van der Waals surface area contributed by atoms with Crippen LogP contribution in [0.2, 0.25) is 0 Å². The quantitative estimate of drug-likeness (QED) is 0.786. The maximum atomic E-state index is 12.9. The summed E-state index contributed by atoms with van der Waals surface area (Å²) in [6.07, 6.45) is 5.46. The highest BCUT2D eigenvalue weighted by Crippen LogP contribution is 2.34. The first-order valence-electron chi connectivity index (χ1n) is 9.80. The number of carbonyl (C=O) groups is 1. The summed E-state index contributed by atoms with van der Waals surface area (Å²) < 4.78 is 23.4. The van der Waals surface area contributed by atoms with E-state index in [0.717, 1.165) is 43.1 Å². The molecule has 3 heterocycles. The molecule has 0 N–H and O–H groups in total. The van der Waals surface area contributed by atoms with Gasteiger partial charge in [-0.3, -0.25) is 9.69 Å². The molecule has 1 amide bonds. The molecule has 1 aromatic rings. The van der Waals surface area contributed by atoms with Crippen molar-refractivity contribution in [3.05, 3.63) is 21.4 Å². The lowest BCUT2D eigenvalue weighted by atomic mass is 9.87. The lowest BCUT2D eigenvalue weighted by Crippen LogP contribution is -2.52. The third-order valence-corrected chi connectivity index (χ3v) is 9.27. The van der Waals surface area contributed by atoms with E-state index in [4.69, 9.17) is 0 Å². The van der Waals surface area contributed by atoms with Crippen molar-refractivity contribution in [3.63, 3.8) is 0 Å². The van der Waals surface area contributed by atoms with Crippen LogP contribution < -0.4 is 0 Å². The maximum Gasteiger partial charge on any atom is 0.264 e. The molecule has 0 radical (unpaired) electrons. The van der Waals surface area contributed by atoms with E-state index in [-0.39, 0.29) is 17.7 Å². The topological polar surface area (TPSA) is 57.7 Å². The molecule has 2 atom stereocenters. The molecule has 0 aromatic carbocycles. The SMILES string of the molecule is CC[C@H]1CCc2sc(C(=O)N3CCN([C@H]4CCS(=O)(=O)C4)CC3)cc2C1. The van der Waals surface area contributed by atoms with Crippen LogP contribution in [-0.2, 0) is 22.7 Å². The van der Waals surface area contributed by atoms with Gasteiger partial charge in [0.25, 0.3) is 5.91 Å². The molecule has 2 aliphatic heterocycles. The first-order valence-corrected chi connectivity index (χ1v) is 12.4. The fraction of sp³-hybridized carbons (Fsp3) is 0.737. The van der Waals surface area contributed by atoms with Gasteiger partial charge in [0, 0.05) is 37.1 Å². The van der Waals surface area contributed by atoms with Gasteiger partial charge in [-0.1, -0.05) is 13.3 Å². The number of rotatable bonds is 3. The van der Waals surface area contributed by atoms with Crippen molar-refractivity contribution in [1.82, 2.24) is 9.80 Å². The minimum absolute atomic E-state index is 0.150. The Hall–Kier alpha value is -0.920. The molecule has 7 heteroatoms. The fourth-order valence-corrected chi connectivity index (χ4v) is 7.50. The molecule has 0 spiro atoms. The normalized spacial score (nSPS) is 28.9. The van der Waals surface area contributed by atoms with Gasteiger partial charge in [-0.15, -0.1) is 11.3 Å². The number of thiophene rings is 1. The van der Waals surface area contributed by atoms with Gasteiger partial charge >= 0.3 is 0 Å². The summed E-state index contributed by atoms with van der Waals surface area (Å²) in [7, 11) is -2.85. The third-order valence-electron chi connectivity index (χ3n) is 6.30. The predicted octanol–water partition coefficient (Wildman–Crippen LogP) is 2.21. The van der Waals surface area contributed by atoms with Crippen molar-refractivity contribution in [2.24, 2.45) is 5.92 Å². The second-order valence-corrected chi connectivity index (χ2v) is 11.3. The van der Waals surface area contributed by atoms with E-state index < -0.39 is 9.84 Å². The summed E-state index contributed by atoms with van der Waals surface area (Å²) in [5.74, 6) is 1.54. The number of sulfone groups is 1. The molecule has 4 rings (SSSR count). The van der Waals surface area contributed by atoms with E-state index in [1.807, 2.05) is 4.90 Å². The van der Waals surface area contributed by atoms with Gasteiger partial charge in [-0.25, -0.2) is 8.42 Å². The summed E-state index contributed by atoms with van der Waals surface area (Å²) in [6.45, 7) is 5.23. The Morgan fingerprint density at radius 1 is 1.23 bits per heavy atom. The molecule has 144 valence electrons. The lowest BCUT2D eigenvalue weighted by molar-refractivity contribution is 0.0592. The van der Waals surface area contributed by atoms with Crippen LogP contribution in [0.5, 0.6) is 0 Å². The van der Waals surface area contributed by atoms with E-state index in [1.54, 1.807) is 11.3 Å². The number of hydrogen-bond acceptors (Lipinski definition) is 5. The highest BCUT2D eigenvalue weighted by atomic mass is 32.2. The Bertz CT molecular complexity index is 779. The summed E-state index contributed by atoms with van der Waals surface area (Å²) in [6, 6.07) is 2.29. The minimum atomic E-state index is -2.85. The molecular formula is C19H28N2O3S2. The molecule has 0 saturated carbocycles. The molecule has 1 aromatic heterocycles. The average Bonchev–Trinajstić information content (AvgIpc) is 3.23. The van der Waals surface area contributed by atoms with Crippen molar-refractivity contribution in [2.45, 2.75) is 45.1 Å². The van der Waals surface area contributed by atoms with E-state index >= 15 is 0 Å². The molecule has 26 heavy (non-hydrogen) atoms. The van der Waals surface area contributed by atoms with Crippen LogP contribution in [0.15, 0.2) is 6.07 Å². The van der Waals surface area contributed by atoms with E-state index in [0.29, 0.717) is 18.8 Å². The fourth-order valence-electron chi connectivity index (χ4n) is 4.56. The second-order valence-electron chi connectivity index (χ2n) is 7.96. The van der Waals surface area contributed by atoms with Crippen LogP contribution in [-0.4, -0.2) is 67.9 Å². The first-order chi connectivity index (χ1) is 12.4. The van der Waals surface area contributed by atoms with Crippen LogP contribution in [0.1, 0.15) is 46.3 Å². The zero-order valence-corrected chi connectivity index (χ0v) is 17.1. The number of amides is 1. The van der Waals surface area contributed by atoms with Gasteiger partial charge in [-0.05, 0) is 43.2 Å². The second kappa shape index (κ2) is 7.24. The summed E-state index contributed by atoms with van der Waals surface area (Å²) >= 11 is 1.69. The molecule has 1 aliphatic carbocycles. The lowest BCUT2D eigenvalue weighted by Gasteiger charge is -2.37. The average molecular weight is 397 g/mol. The van der Waals surface area contributed by atoms with Crippen molar-refractivity contribution < 1.29 is 13.2 Å². The maximum absolute atomic E-state index is 12.9. The Balaban J connectivity index is 1.36. The van der Waals surface area contributed by atoms with Crippen LogP contribution in [0, 0.1) is 5.92 Å².